The maximum absolute atomic E-state index is 12.5. The summed E-state index contributed by atoms with van der Waals surface area (Å²) in [5.41, 5.74) is 1.31. The van der Waals surface area contributed by atoms with Crippen molar-refractivity contribution >= 4 is 5.97 Å². The van der Waals surface area contributed by atoms with Crippen LogP contribution >= 0.6 is 0 Å². The molecule has 126 valence electrons. The van der Waals surface area contributed by atoms with Crippen LogP contribution in [-0.4, -0.2) is 66.8 Å². The molecule has 5 aliphatic rings. The first-order chi connectivity index (χ1) is 11.1. The van der Waals surface area contributed by atoms with E-state index in [0.717, 1.165) is 19.4 Å². The van der Waals surface area contributed by atoms with Crippen LogP contribution in [0.25, 0.3) is 0 Å². The number of hydrogen-bond donors (Lipinski definition) is 1. The molecule has 0 aromatic heterocycles. The van der Waals surface area contributed by atoms with E-state index in [-0.39, 0.29) is 42.0 Å². The van der Waals surface area contributed by atoms with Crippen LogP contribution in [0.15, 0.2) is 11.6 Å². The van der Waals surface area contributed by atoms with Gasteiger partial charge >= 0.3 is 5.97 Å². The van der Waals surface area contributed by atoms with Gasteiger partial charge in [-0.05, 0) is 32.2 Å². The molecule has 0 amide bonds. The fourth-order valence-corrected chi connectivity index (χ4v) is 5.59. The second-order valence-corrected chi connectivity index (χ2v) is 7.66. The highest BCUT2D eigenvalue weighted by Crippen LogP contribution is 2.51. The fourth-order valence-electron chi connectivity index (χ4n) is 5.59. The quantitative estimate of drug-likeness (QED) is 0.511. The summed E-state index contributed by atoms with van der Waals surface area (Å²) in [5.74, 6) is 0.0694. The van der Waals surface area contributed by atoms with Gasteiger partial charge < -0.3 is 19.3 Å². The van der Waals surface area contributed by atoms with Crippen LogP contribution in [0.5, 0.6) is 0 Å². The van der Waals surface area contributed by atoms with Crippen molar-refractivity contribution in [1.82, 2.24) is 4.90 Å². The lowest BCUT2D eigenvalue weighted by Gasteiger charge is -2.52. The maximum atomic E-state index is 12.5. The number of ether oxygens (including phenoxy) is 3. The number of aliphatic hydroxyl groups is 1. The monoisotopic (exact) mass is 321 g/mol. The maximum Gasteiger partial charge on any atom is 0.309 e. The lowest BCUT2D eigenvalue weighted by Crippen LogP contribution is -2.61. The number of aliphatic hydroxyl groups excluding tert-OH is 1. The molecule has 0 spiro atoms. The lowest BCUT2D eigenvalue weighted by atomic mass is 9.62. The number of carbonyl (C=O) groups is 1. The minimum Gasteiger partial charge on any atom is -0.459 e. The van der Waals surface area contributed by atoms with Crippen molar-refractivity contribution in [2.45, 2.75) is 49.7 Å². The number of nitrogens with zero attached hydrogens (tertiary/aromatic N) is 1. The van der Waals surface area contributed by atoms with E-state index in [9.17, 15) is 9.90 Å². The van der Waals surface area contributed by atoms with Gasteiger partial charge in [-0.15, -0.1) is 0 Å². The molecule has 1 saturated carbocycles. The molecule has 0 bridgehead atoms. The van der Waals surface area contributed by atoms with Gasteiger partial charge in [0.05, 0.1) is 18.1 Å². The molecule has 3 aliphatic heterocycles. The zero-order valence-electron chi connectivity index (χ0n) is 13.3. The number of carbonyl (C=O) groups excluding carboxylic acids is 1. The van der Waals surface area contributed by atoms with Gasteiger partial charge in [-0.25, -0.2) is 0 Å². The molecule has 3 heterocycles. The first-order valence-corrected chi connectivity index (χ1v) is 8.66. The second-order valence-electron chi connectivity index (χ2n) is 7.66. The van der Waals surface area contributed by atoms with E-state index in [0.29, 0.717) is 13.2 Å². The standard InChI is InChI=1S/C17H23NO5/c1-18-3-2-8-4-11(19)16-14(15(8)18)9-5-12-13(22-7-21-12)6-10(9)17(20)23-16/h4,9-16,19H,2-3,5-7H2,1H3/t9?,10?,11?,12?,13?,14-,15+,16+/m0/s1. The molecule has 5 unspecified atom stereocenters. The largest absolute Gasteiger partial charge is 0.459 e. The van der Waals surface area contributed by atoms with E-state index < -0.39 is 12.2 Å². The molecule has 6 nitrogen and oxygen atoms in total. The van der Waals surface area contributed by atoms with Crippen LogP contribution in [0.1, 0.15) is 19.3 Å². The van der Waals surface area contributed by atoms with Crippen molar-refractivity contribution in [1.29, 1.82) is 0 Å². The molecule has 6 heteroatoms. The summed E-state index contributed by atoms with van der Waals surface area (Å²) in [6.45, 7) is 1.33. The van der Waals surface area contributed by atoms with Crippen molar-refractivity contribution < 1.29 is 24.1 Å². The molecule has 4 fully saturated rings. The Kier molecular flexibility index (Phi) is 3.14. The van der Waals surface area contributed by atoms with Crippen LogP contribution in [0.2, 0.25) is 0 Å². The average Bonchev–Trinajstić information content (AvgIpc) is 3.13. The van der Waals surface area contributed by atoms with Crippen molar-refractivity contribution in [3.05, 3.63) is 11.6 Å². The van der Waals surface area contributed by atoms with Gasteiger partial charge in [-0.1, -0.05) is 11.6 Å². The minimum absolute atomic E-state index is 0.0187. The van der Waals surface area contributed by atoms with E-state index in [1.165, 1.54) is 5.57 Å². The molecule has 8 atom stereocenters. The molecule has 0 aromatic rings. The third-order valence-electron chi connectivity index (χ3n) is 6.61. The number of likely N-dealkylation sites (N-methyl/N-ethyl adjacent to an activating group) is 1. The third-order valence-corrected chi connectivity index (χ3v) is 6.61. The van der Waals surface area contributed by atoms with E-state index in [2.05, 4.69) is 11.9 Å². The molecule has 23 heavy (non-hydrogen) atoms. The van der Waals surface area contributed by atoms with Gasteiger partial charge in [-0.2, -0.15) is 0 Å². The smallest absolute Gasteiger partial charge is 0.309 e. The van der Waals surface area contributed by atoms with E-state index >= 15 is 0 Å². The first-order valence-electron chi connectivity index (χ1n) is 8.66. The normalized spacial score (nSPS) is 52.1. The summed E-state index contributed by atoms with van der Waals surface area (Å²) in [6, 6.07) is 0.280. The predicted octanol–water partition coefficient (Wildman–Crippen LogP) is 0.301. The third kappa shape index (κ3) is 1.98. The predicted molar refractivity (Wildman–Crippen MR) is 79.3 cm³/mol. The molecule has 2 aliphatic carbocycles. The fraction of sp³-hybridized carbons (Fsp3) is 0.824. The van der Waals surface area contributed by atoms with E-state index in [1.54, 1.807) is 0 Å². The molecule has 1 N–H and O–H groups in total. The summed E-state index contributed by atoms with van der Waals surface area (Å²) in [4.78, 5) is 14.9. The van der Waals surface area contributed by atoms with Crippen LogP contribution < -0.4 is 0 Å². The molecule has 5 rings (SSSR count). The van der Waals surface area contributed by atoms with Crippen molar-refractivity contribution in [3.63, 3.8) is 0 Å². The average molecular weight is 321 g/mol. The summed E-state index contributed by atoms with van der Waals surface area (Å²) in [7, 11) is 2.13. The van der Waals surface area contributed by atoms with Crippen LogP contribution in [-0.2, 0) is 19.0 Å². The highest BCUT2D eigenvalue weighted by molar-refractivity contribution is 5.74. The topological polar surface area (TPSA) is 68.2 Å². The highest BCUT2D eigenvalue weighted by Gasteiger charge is 2.58. The number of fused-ring (bicyclic) bond motifs is 6. The summed E-state index contributed by atoms with van der Waals surface area (Å²) >= 11 is 0. The van der Waals surface area contributed by atoms with Gasteiger partial charge in [0.1, 0.15) is 19.0 Å². The number of hydrogen-bond acceptors (Lipinski definition) is 6. The lowest BCUT2D eigenvalue weighted by molar-refractivity contribution is -0.194. The highest BCUT2D eigenvalue weighted by atomic mass is 16.7. The molecule has 0 aromatic carbocycles. The van der Waals surface area contributed by atoms with Gasteiger partial charge in [0.25, 0.3) is 0 Å². The number of likely N-dealkylation sites (tertiary alicyclic amines) is 1. The zero-order chi connectivity index (χ0) is 15.7. The minimum atomic E-state index is -0.680. The van der Waals surface area contributed by atoms with Crippen molar-refractivity contribution in [2.24, 2.45) is 17.8 Å². The molecular weight excluding hydrogens is 298 g/mol. The second kappa shape index (κ2) is 5.02. The number of esters is 1. The molecular formula is C17H23NO5. The Morgan fingerprint density at radius 3 is 2.87 bits per heavy atom. The SMILES string of the molecule is CN1CCC2=CC(O)[C@H]3OC(=O)C4CC5OCOC5CC4[C@H]3[C@@H]21. The Morgan fingerprint density at radius 2 is 2.04 bits per heavy atom. The Labute approximate surface area is 135 Å². The Bertz CT molecular complexity index is 563. The first kappa shape index (κ1) is 14.4. The number of rotatable bonds is 0. The van der Waals surface area contributed by atoms with Gasteiger partial charge in [0, 0.05) is 18.5 Å². The molecule has 0 radical (unpaired) electrons. The summed E-state index contributed by atoms with van der Waals surface area (Å²) in [5, 5.41) is 10.5. The van der Waals surface area contributed by atoms with Crippen LogP contribution in [0.3, 0.4) is 0 Å². The Morgan fingerprint density at radius 1 is 1.26 bits per heavy atom. The van der Waals surface area contributed by atoms with Crippen molar-refractivity contribution in [2.75, 3.05) is 20.4 Å². The van der Waals surface area contributed by atoms with Crippen molar-refractivity contribution in [3.8, 4) is 0 Å². The Hall–Kier alpha value is -0.950. The van der Waals surface area contributed by atoms with Gasteiger partial charge in [0.15, 0.2) is 0 Å². The van der Waals surface area contributed by atoms with Crippen LogP contribution in [0, 0.1) is 17.8 Å². The molecule has 3 saturated heterocycles. The Balaban J connectivity index is 1.53. The summed E-state index contributed by atoms with van der Waals surface area (Å²) in [6.07, 6.45) is 3.44. The van der Waals surface area contributed by atoms with Crippen LogP contribution in [0.4, 0.5) is 0 Å². The summed E-state index contributed by atoms with van der Waals surface area (Å²) < 4.78 is 17.1. The van der Waals surface area contributed by atoms with Gasteiger partial charge in [0.2, 0.25) is 0 Å². The van der Waals surface area contributed by atoms with Gasteiger partial charge in [-0.3, -0.25) is 9.69 Å². The van der Waals surface area contributed by atoms with E-state index in [1.807, 2.05) is 6.08 Å². The zero-order valence-corrected chi connectivity index (χ0v) is 13.3. The van der Waals surface area contributed by atoms with E-state index in [4.69, 9.17) is 14.2 Å².